The number of rotatable bonds is 0. The quantitative estimate of drug-likeness (QED) is 0.675. The van der Waals surface area contributed by atoms with E-state index in [0.717, 1.165) is 10.8 Å². The minimum atomic E-state index is -5.08. The summed E-state index contributed by atoms with van der Waals surface area (Å²) in [5, 5.41) is 9.44. The summed E-state index contributed by atoms with van der Waals surface area (Å²) in [6, 6.07) is 0. The van der Waals surface area contributed by atoms with Gasteiger partial charge in [0.15, 0.2) is 9.84 Å². The van der Waals surface area contributed by atoms with E-state index < -0.39 is 22.0 Å². The fourth-order valence-electron chi connectivity index (χ4n) is 0.355. The molecule has 0 saturated heterocycles. The van der Waals surface area contributed by atoms with Crippen LogP contribution in [0.2, 0.25) is 0 Å². The fourth-order valence-corrected chi connectivity index (χ4v) is 1.07. The molecule has 1 rings (SSSR count). The van der Waals surface area contributed by atoms with Crippen LogP contribution >= 0.6 is 0 Å². The molecule has 4 nitrogen and oxygen atoms in total. The number of allylic oxidation sites excluding steroid dienone is 2. The lowest BCUT2D eigenvalue weighted by Crippen LogP contribution is -2.21. The van der Waals surface area contributed by atoms with Crippen molar-refractivity contribution in [3.8, 4) is 0 Å². The van der Waals surface area contributed by atoms with Gasteiger partial charge in [-0.3, -0.25) is 0 Å². The molecule has 80 valence electrons. The molecule has 0 unspecified atom stereocenters. The zero-order chi connectivity index (χ0) is 11.4. The van der Waals surface area contributed by atoms with Gasteiger partial charge < -0.3 is 5.11 Å². The highest BCUT2D eigenvalue weighted by molar-refractivity contribution is 7.97. The lowest BCUT2D eigenvalue weighted by Gasteiger charge is -1.93. The van der Waals surface area contributed by atoms with Gasteiger partial charge in [-0.2, -0.15) is 13.2 Å². The van der Waals surface area contributed by atoms with Crippen LogP contribution in [0, 0.1) is 0 Å². The van der Waals surface area contributed by atoms with Crippen LogP contribution in [0.25, 0.3) is 0 Å². The van der Waals surface area contributed by atoms with E-state index in [9.17, 15) is 21.6 Å². The minimum Gasteiger partial charge on any atom is -0.475 e. The van der Waals surface area contributed by atoms with Crippen LogP contribution in [0.15, 0.2) is 23.0 Å². The van der Waals surface area contributed by atoms with E-state index in [-0.39, 0.29) is 0 Å². The highest BCUT2D eigenvalue weighted by Crippen LogP contribution is 2.13. The summed E-state index contributed by atoms with van der Waals surface area (Å²) in [6.07, 6.45) is -2.09. The number of alkyl halides is 3. The molecular weight excluding hydrogens is 225 g/mol. The molecule has 0 aliphatic carbocycles. The maximum absolute atomic E-state index is 10.6. The zero-order valence-corrected chi connectivity index (χ0v) is 7.34. The third-order valence-electron chi connectivity index (χ3n) is 0.890. The number of halogens is 3. The van der Waals surface area contributed by atoms with Gasteiger partial charge in [0.1, 0.15) is 0 Å². The smallest absolute Gasteiger partial charge is 0.475 e. The van der Waals surface area contributed by atoms with Crippen LogP contribution in [0.4, 0.5) is 13.2 Å². The van der Waals surface area contributed by atoms with Crippen molar-refractivity contribution >= 4 is 15.8 Å². The van der Waals surface area contributed by atoms with E-state index in [2.05, 4.69) is 0 Å². The SMILES string of the molecule is O=C(O)C(F)(F)F.O=S1(=O)C=CC=C1. The number of hydrogen-bond acceptors (Lipinski definition) is 3. The van der Waals surface area contributed by atoms with Crippen molar-refractivity contribution in [2.45, 2.75) is 6.18 Å². The van der Waals surface area contributed by atoms with Gasteiger partial charge in [0.25, 0.3) is 0 Å². The van der Waals surface area contributed by atoms with Gasteiger partial charge in [-0.05, 0) is 12.2 Å². The number of aliphatic carboxylic acids is 1. The maximum Gasteiger partial charge on any atom is 0.490 e. The molecule has 0 amide bonds. The third kappa shape index (κ3) is 5.36. The topological polar surface area (TPSA) is 71.4 Å². The van der Waals surface area contributed by atoms with Gasteiger partial charge >= 0.3 is 12.1 Å². The Morgan fingerprint density at radius 2 is 1.43 bits per heavy atom. The first-order chi connectivity index (χ1) is 6.15. The molecule has 0 spiro atoms. The second-order valence-electron chi connectivity index (χ2n) is 2.05. The van der Waals surface area contributed by atoms with E-state index in [1.165, 1.54) is 12.2 Å². The first-order valence-electron chi connectivity index (χ1n) is 3.05. The van der Waals surface area contributed by atoms with Crippen molar-refractivity contribution in [2.24, 2.45) is 0 Å². The predicted molar refractivity (Wildman–Crippen MR) is 40.9 cm³/mol. The van der Waals surface area contributed by atoms with E-state index in [4.69, 9.17) is 9.90 Å². The lowest BCUT2D eigenvalue weighted by atomic mass is 10.6. The normalized spacial score (nSPS) is 17.4. The molecule has 14 heavy (non-hydrogen) atoms. The Morgan fingerprint density at radius 3 is 1.50 bits per heavy atom. The molecule has 0 aromatic carbocycles. The summed E-state index contributed by atoms with van der Waals surface area (Å²) in [5.74, 6) is -2.76. The highest BCUT2D eigenvalue weighted by Gasteiger charge is 2.38. The first kappa shape index (κ1) is 12.7. The Bertz CT molecular complexity index is 345. The van der Waals surface area contributed by atoms with E-state index >= 15 is 0 Å². The number of hydrogen-bond donors (Lipinski definition) is 1. The van der Waals surface area contributed by atoms with Crippen LogP contribution in [-0.4, -0.2) is 25.7 Å². The fraction of sp³-hybridized carbons (Fsp3) is 0.167. The molecule has 1 aliphatic rings. The Kier molecular flexibility index (Phi) is 3.87. The molecule has 1 aliphatic heterocycles. The van der Waals surface area contributed by atoms with Crippen LogP contribution in [0.3, 0.4) is 0 Å². The molecule has 0 fully saturated rings. The summed E-state index contributed by atoms with van der Waals surface area (Å²) in [7, 11) is -2.91. The first-order valence-corrected chi connectivity index (χ1v) is 4.66. The lowest BCUT2D eigenvalue weighted by molar-refractivity contribution is -0.192. The van der Waals surface area contributed by atoms with E-state index in [0.29, 0.717) is 0 Å². The van der Waals surface area contributed by atoms with Crippen molar-refractivity contribution in [1.82, 2.24) is 0 Å². The average Bonchev–Trinajstić information content (AvgIpc) is 2.33. The number of carboxylic acids is 1. The van der Waals surface area contributed by atoms with Crippen LogP contribution in [-0.2, 0) is 14.6 Å². The predicted octanol–water partition coefficient (Wildman–Crippen LogP) is 1.08. The average molecular weight is 230 g/mol. The second kappa shape index (κ2) is 4.27. The number of carboxylic acid groups (broad SMARTS) is 1. The Labute approximate surface area is 77.3 Å². The van der Waals surface area contributed by atoms with Crippen molar-refractivity contribution in [3.05, 3.63) is 23.0 Å². The van der Waals surface area contributed by atoms with Crippen LogP contribution in [0.5, 0.6) is 0 Å². The molecule has 0 bridgehead atoms. The summed E-state index contributed by atoms with van der Waals surface area (Å²) in [4.78, 5) is 8.90. The summed E-state index contributed by atoms with van der Waals surface area (Å²) in [5.41, 5.74) is 0. The Hall–Kier alpha value is -1.31. The van der Waals surface area contributed by atoms with Crippen LogP contribution < -0.4 is 0 Å². The molecular formula is C6H5F3O4S. The zero-order valence-electron chi connectivity index (χ0n) is 6.52. The van der Waals surface area contributed by atoms with Gasteiger partial charge in [0, 0.05) is 10.8 Å². The Morgan fingerprint density at radius 1 is 1.14 bits per heavy atom. The monoisotopic (exact) mass is 230 g/mol. The minimum absolute atomic E-state index is 1.16. The van der Waals surface area contributed by atoms with Gasteiger partial charge in [0.2, 0.25) is 0 Å². The van der Waals surface area contributed by atoms with E-state index in [1.807, 2.05) is 0 Å². The van der Waals surface area contributed by atoms with E-state index in [1.54, 1.807) is 0 Å². The molecule has 0 aromatic rings. The summed E-state index contributed by atoms with van der Waals surface area (Å²) in [6.45, 7) is 0. The summed E-state index contributed by atoms with van der Waals surface area (Å²) >= 11 is 0. The second-order valence-corrected chi connectivity index (χ2v) is 3.77. The Balaban J connectivity index is 0.000000241. The van der Waals surface area contributed by atoms with Crippen molar-refractivity contribution in [1.29, 1.82) is 0 Å². The van der Waals surface area contributed by atoms with Crippen molar-refractivity contribution in [2.75, 3.05) is 0 Å². The number of sulfone groups is 1. The molecule has 1 heterocycles. The molecule has 1 N–H and O–H groups in total. The van der Waals surface area contributed by atoms with Crippen molar-refractivity contribution in [3.63, 3.8) is 0 Å². The van der Waals surface area contributed by atoms with Gasteiger partial charge in [-0.1, -0.05) is 0 Å². The highest BCUT2D eigenvalue weighted by atomic mass is 32.2. The molecule has 0 atom stereocenters. The van der Waals surface area contributed by atoms with Gasteiger partial charge in [-0.15, -0.1) is 0 Å². The molecule has 8 heteroatoms. The molecule has 0 saturated carbocycles. The summed E-state index contributed by atoms with van der Waals surface area (Å²) < 4.78 is 52.2. The number of carbonyl (C=O) groups is 1. The van der Waals surface area contributed by atoms with Crippen LogP contribution in [0.1, 0.15) is 0 Å². The molecule has 0 radical (unpaired) electrons. The van der Waals surface area contributed by atoms with Gasteiger partial charge in [-0.25, -0.2) is 13.2 Å². The standard InChI is InChI=1S/C4H4O2S.C2HF3O2/c5-7(6)3-1-2-4-7;3-2(4,5)1(6)7/h1-4H;(H,6,7). The van der Waals surface area contributed by atoms with Crippen molar-refractivity contribution < 1.29 is 31.5 Å². The van der Waals surface area contributed by atoms with Gasteiger partial charge in [0.05, 0.1) is 0 Å². The maximum atomic E-state index is 10.6. The largest absolute Gasteiger partial charge is 0.490 e. The molecule has 0 aromatic heterocycles. The third-order valence-corrected chi connectivity index (χ3v) is 1.96.